The summed E-state index contributed by atoms with van der Waals surface area (Å²) in [6.45, 7) is 0. The normalized spacial score (nSPS) is 10.7. The van der Waals surface area contributed by atoms with Gasteiger partial charge < -0.3 is 9.15 Å². The maximum absolute atomic E-state index is 11.0. The van der Waals surface area contributed by atoms with Crippen LogP contribution in [0, 0.1) is 0 Å². The molecule has 0 aliphatic carbocycles. The second-order valence-electron chi connectivity index (χ2n) is 6.83. The zero-order valence-corrected chi connectivity index (χ0v) is 16.6. The van der Waals surface area contributed by atoms with E-state index in [4.69, 9.17) is 19.3 Å². The third-order valence-corrected chi connectivity index (χ3v) is 4.74. The summed E-state index contributed by atoms with van der Waals surface area (Å²) < 4.78 is 11.4. The van der Waals surface area contributed by atoms with Crippen molar-refractivity contribution in [3.8, 4) is 28.3 Å². The number of aryl methyl sites for hydroxylation is 1. The van der Waals surface area contributed by atoms with Gasteiger partial charge in [-0.25, -0.2) is 10.5 Å². The monoisotopic (exact) mass is 394 g/mol. The van der Waals surface area contributed by atoms with Crippen molar-refractivity contribution in [3.05, 3.63) is 60.5 Å². The average molecular weight is 394 g/mol. The van der Waals surface area contributed by atoms with Gasteiger partial charge in [-0.1, -0.05) is 43.2 Å². The Kier molecular flexibility index (Phi) is 7.41. The maximum Gasteiger partial charge on any atom is 0.243 e. The molecule has 2 aromatic carbocycles. The zero-order chi connectivity index (χ0) is 20.5. The third kappa shape index (κ3) is 5.68. The highest BCUT2D eigenvalue weighted by Gasteiger charge is 2.16. The zero-order valence-electron chi connectivity index (χ0n) is 16.6. The van der Waals surface area contributed by atoms with E-state index in [1.807, 2.05) is 54.6 Å². The Morgan fingerprint density at radius 3 is 2.41 bits per heavy atom. The number of carbonyl (C=O) groups is 1. The number of hydroxylamine groups is 1. The Bertz CT molecular complexity index is 904. The first-order valence-electron chi connectivity index (χ1n) is 9.83. The van der Waals surface area contributed by atoms with E-state index >= 15 is 0 Å². The first-order chi connectivity index (χ1) is 14.2. The predicted molar refractivity (Wildman–Crippen MR) is 111 cm³/mol. The molecule has 0 aliphatic heterocycles. The van der Waals surface area contributed by atoms with Crippen LogP contribution in [0.1, 0.15) is 38.0 Å². The summed E-state index contributed by atoms with van der Waals surface area (Å²) >= 11 is 0. The molecule has 0 atom stereocenters. The molecule has 0 bridgehead atoms. The molecule has 6 heteroatoms. The number of rotatable bonds is 10. The topological polar surface area (TPSA) is 84.6 Å². The van der Waals surface area contributed by atoms with Crippen LogP contribution >= 0.6 is 0 Å². The van der Waals surface area contributed by atoms with Gasteiger partial charge in [0, 0.05) is 24.0 Å². The highest BCUT2D eigenvalue weighted by molar-refractivity contribution is 5.77. The predicted octanol–water partition coefficient (Wildman–Crippen LogP) is 5.02. The minimum atomic E-state index is -0.339. The van der Waals surface area contributed by atoms with Crippen molar-refractivity contribution in [2.45, 2.75) is 38.5 Å². The molecule has 6 nitrogen and oxygen atoms in total. The van der Waals surface area contributed by atoms with E-state index in [1.165, 1.54) is 0 Å². The first-order valence-corrected chi connectivity index (χ1v) is 9.83. The molecule has 2 N–H and O–H groups in total. The van der Waals surface area contributed by atoms with Crippen molar-refractivity contribution in [2.75, 3.05) is 7.11 Å². The number of ether oxygens (including phenoxy) is 1. The number of oxazole rings is 1. The summed E-state index contributed by atoms with van der Waals surface area (Å²) in [6, 6.07) is 17.8. The Hall–Kier alpha value is -3.12. The molecular formula is C23H26N2O4. The van der Waals surface area contributed by atoms with Crippen molar-refractivity contribution < 1.29 is 19.2 Å². The maximum atomic E-state index is 11.0. The number of unbranched alkanes of at least 4 members (excludes halogenated alkanes) is 3. The fourth-order valence-electron chi connectivity index (χ4n) is 3.17. The summed E-state index contributed by atoms with van der Waals surface area (Å²) in [7, 11) is 1.65. The summed E-state index contributed by atoms with van der Waals surface area (Å²) in [5.74, 6) is 1.93. The van der Waals surface area contributed by atoms with Crippen LogP contribution < -0.4 is 10.2 Å². The minimum Gasteiger partial charge on any atom is -0.497 e. The number of hydrogen-bond donors (Lipinski definition) is 2. The number of nitrogens with zero attached hydrogens (tertiary/aromatic N) is 1. The lowest BCUT2D eigenvalue weighted by atomic mass is 10.1. The van der Waals surface area contributed by atoms with Crippen LogP contribution in [0.15, 0.2) is 59.0 Å². The van der Waals surface area contributed by atoms with Crippen LogP contribution in [0.2, 0.25) is 0 Å². The van der Waals surface area contributed by atoms with Crippen LogP contribution in [-0.4, -0.2) is 23.2 Å². The Labute approximate surface area is 170 Å². The lowest BCUT2D eigenvalue weighted by Gasteiger charge is -2.03. The van der Waals surface area contributed by atoms with Crippen LogP contribution in [0.4, 0.5) is 0 Å². The van der Waals surface area contributed by atoms with Gasteiger partial charge in [-0.3, -0.25) is 10.0 Å². The smallest absolute Gasteiger partial charge is 0.243 e. The van der Waals surface area contributed by atoms with Gasteiger partial charge in [0.25, 0.3) is 0 Å². The summed E-state index contributed by atoms with van der Waals surface area (Å²) in [6.07, 6.45) is 4.66. The van der Waals surface area contributed by atoms with E-state index in [0.717, 1.165) is 60.4 Å². The van der Waals surface area contributed by atoms with E-state index in [1.54, 1.807) is 12.6 Å². The van der Waals surface area contributed by atoms with Crippen molar-refractivity contribution in [2.24, 2.45) is 0 Å². The first kappa shape index (κ1) is 20.6. The molecule has 1 aromatic heterocycles. The van der Waals surface area contributed by atoms with Crippen LogP contribution in [0.25, 0.3) is 22.6 Å². The van der Waals surface area contributed by atoms with Gasteiger partial charge >= 0.3 is 0 Å². The second-order valence-corrected chi connectivity index (χ2v) is 6.83. The highest BCUT2D eigenvalue weighted by atomic mass is 16.5. The Morgan fingerprint density at radius 2 is 1.72 bits per heavy atom. The van der Waals surface area contributed by atoms with Crippen LogP contribution in [-0.2, 0) is 11.2 Å². The van der Waals surface area contributed by atoms with Gasteiger partial charge in [0.1, 0.15) is 11.4 Å². The average Bonchev–Trinajstić information content (AvgIpc) is 3.20. The molecule has 0 spiro atoms. The fraction of sp³-hybridized carbons (Fsp3) is 0.304. The van der Waals surface area contributed by atoms with Crippen molar-refractivity contribution in [3.63, 3.8) is 0 Å². The van der Waals surface area contributed by atoms with Gasteiger partial charge in [-0.05, 0) is 37.1 Å². The molecule has 3 rings (SSSR count). The van der Waals surface area contributed by atoms with E-state index in [2.05, 4.69) is 0 Å². The van der Waals surface area contributed by atoms with Gasteiger partial charge in [-0.2, -0.15) is 0 Å². The molecule has 0 fully saturated rings. The lowest BCUT2D eigenvalue weighted by molar-refractivity contribution is -0.129. The Morgan fingerprint density at radius 1 is 1.00 bits per heavy atom. The molecule has 0 saturated heterocycles. The molecule has 0 aliphatic rings. The minimum absolute atomic E-state index is 0.339. The van der Waals surface area contributed by atoms with Gasteiger partial charge in [0.15, 0.2) is 11.7 Å². The number of carbonyl (C=O) groups excluding carboxylic acids is 1. The second kappa shape index (κ2) is 10.4. The SMILES string of the molecule is COc1ccc(-c2oc(CCCCCCC(=O)NO)nc2-c2ccccc2)cc1. The van der Waals surface area contributed by atoms with Gasteiger partial charge in [0.2, 0.25) is 5.91 Å². The van der Waals surface area contributed by atoms with Gasteiger partial charge in [-0.15, -0.1) is 0 Å². The molecule has 0 radical (unpaired) electrons. The number of nitrogens with one attached hydrogen (secondary N) is 1. The highest BCUT2D eigenvalue weighted by Crippen LogP contribution is 2.33. The molecule has 1 amide bonds. The quantitative estimate of drug-likeness (QED) is 0.287. The molecule has 152 valence electrons. The van der Waals surface area contributed by atoms with Crippen LogP contribution in [0.5, 0.6) is 5.75 Å². The van der Waals surface area contributed by atoms with Gasteiger partial charge in [0.05, 0.1) is 7.11 Å². The summed E-state index contributed by atoms with van der Waals surface area (Å²) in [5, 5.41) is 8.50. The van der Waals surface area contributed by atoms with E-state index in [0.29, 0.717) is 12.3 Å². The fourth-order valence-corrected chi connectivity index (χ4v) is 3.17. The number of hydrogen-bond acceptors (Lipinski definition) is 5. The molecule has 0 saturated carbocycles. The molecule has 1 heterocycles. The molecular weight excluding hydrogens is 368 g/mol. The number of aromatic nitrogens is 1. The number of benzene rings is 2. The van der Waals surface area contributed by atoms with E-state index in [9.17, 15) is 4.79 Å². The standard InChI is InChI=1S/C23H26N2O4/c1-28-19-15-13-18(14-16-19)23-22(17-9-5-4-6-10-17)24-21(29-23)12-8-3-2-7-11-20(26)25-27/h4-6,9-10,13-16,27H,2-3,7-8,11-12H2,1H3,(H,25,26). The molecule has 29 heavy (non-hydrogen) atoms. The van der Waals surface area contributed by atoms with Crippen LogP contribution in [0.3, 0.4) is 0 Å². The summed E-state index contributed by atoms with van der Waals surface area (Å²) in [5.41, 5.74) is 4.47. The molecule has 3 aromatic rings. The van der Waals surface area contributed by atoms with E-state index < -0.39 is 0 Å². The number of amides is 1. The number of methoxy groups -OCH3 is 1. The Balaban J connectivity index is 1.70. The summed E-state index contributed by atoms with van der Waals surface area (Å²) in [4.78, 5) is 15.8. The van der Waals surface area contributed by atoms with Crippen molar-refractivity contribution in [1.82, 2.24) is 10.5 Å². The van der Waals surface area contributed by atoms with Crippen molar-refractivity contribution >= 4 is 5.91 Å². The largest absolute Gasteiger partial charge is 0.497 e. The van der Waals surface area contributed by atoms with Crippen molar-refractivity contribution in [1.29, 1.82) is 0 Å². The molecule has 0 unspecified atom stereocenters. The lowest BCUT2D eigenvalue weighted by Crippen LogP contribution is -2.17. The third-order valence-electron chi connectivity index (χ3n) is 4.74. The van der Waals surface area contributed by atoms with E-state index in [-0.39, 0.29) is 5.91 Å².